The van der Waals surface area contributed by atoms with Gasteiger partial charge in [-0.3, -0.25) is 14.5 Å². The van der Waals surface area contributed by atoms with Gasteiger partial charge < -0.3 is 10.2 Å². The monoisotopic (exact) mass is 443 g/mol. The van der Waals surface area contributed by atoms with Crippen molar-refractivity contribution in [2.24, 2.45) is 0 Å². The molecule has 1 heterocycles. The first-order valence-corrected chi connectivity index (χ1v) is 9.45. The number of piperazine rings is 1. The Bertz CT molecular complexity index is 944. The number of carbonyl (C=O) groups is 2. The second-order valence-corrected chi connectivity index (χ2v) is 7.22. The highest BCUT2D eigenvalue weighted by Gasteiger charge is 2.33. The Labute approximate surface area is 175 Å². The van der Waals surface area contributed by atoms with Crippen LogP contribution in [0.2, 0.25) is 5.02 Å². The van der Waals surface area contributed by atoms with Crippen LogP contribution in [-0.4, -0.2) is 54.3 Å². The molecular weight excluding hydrogens is 426 g/mol. The summed E-state index contributed by atoms with van der Waals surface area (Å²) in [7, 11) is 0. The van der Waals surface area contributed by atoms with Gasteiger partial charge in [0.25, 0.3) is 5.91 Å². The Morgan fingerprint density at radius 2 is 1.70 bits per heavy atom. The summed E-state index contributed by atoms with van der Waals surface area (Å²) in [5.41, 5.74) is -1.35. The largest absolute Gasteiger partial charge is 0.418 e. The molecule has 10 heteroatoms. The molecule has 0 atom stereocenters. The summed E-state index contributed by atoms with van der Waals surface area (Å²) >= 11 is 5.83. The second kappa shape index (κ2) is 9.01. The van der Waals surface area contributed by atoms with E-state index in [1.54, 1.807) is 4.90 Å². The number of carbonyl (C=O) groups excluding carboxylic acids is 2. The Morgan fingerprint density at radius 1 is 1.03 bits per heavy atom. The molecule has 2 amide bonds. The van der Waals surface area contributed by atoms with Gasteiger partial charge in [0.1, 0.15) is 5.82 Å². The van der Waals surface area contributed by atoms with E-state index in [1.807, 2.05) is 0 Å². The van der Waals surface area contributed by atoms with Crippen LogP contribution in [0, 0.1) is 5.82 Å². The lowest BCUT2D eigenvalue weighted by molar-refractivity contribution is -0.137. The molecule has 1 saturated heterocycles. The van der Waals surface area contributed by atoms with Crippen molar-refractivity contribution in [3.8, 4) is 0 Å². The fourth-order valence-electron chi connectivity index (χ4n) is 3.17. The number of benzene rings is 2. The van der Waals surface area contributed by atoms with Crippen LogP contribution >= 0.6 is 11.6 Å². The standard InChI is InChI=1S/C20H18ClF4N3O2/c21-13-5-6-16(22)14(11-13)19(30)28-9-7-27(8-10-28)12-18(29)26-17-4-2-1-3-15(17)20(23,24)25/h1-6,11H,7-10,12H2,(H,26,29). The van der Waals surface area contributed by atoms with Crippen molar-refractivity contribution in [2.75, 3.05) is 38.0 Å². The lowest BCUT2D eigenvalue weighted by atomic mass is 10.1. The second-order valence-electron chi connectivity index (χ2n) is 6.78. The SMILES string of the molecule is O=C(CN1CCN(C(=O)c2cc(Cl)ccc2F)CC1)Nc1ccccc1C(F)(F)F. The number of amides is 2. The molecule has 3 rings (SSSR count). The molecule has 0 unspecified atom stereocenters. The predicted molar refractivity (Wildman–Crippen MR) is 104 cm³/mol. The molecule has 1 aliphatic heterocycles. The minimum Gasteiger partial charge on any atom is -0.336 e. The summed E-state index contributed by atoms with van der Waals surface area (Å²) in [6.07, 6.45) is -4.58. The van der Waals surface area contributed by atoms with Crippen LogP contribution in [-0.2, 0) is 11.0 Å². The highest BCUT2D eigenvalue weighted by Crippen LogP contribution is 2.34. The molecule has 5 nitrogen and oxygen atoms in total. The maximum absolute atomic E-state index is 13.9. The summed E-state index contributed by atoms with van der Waals surface area (Å²) in [5.74, 6) is -1.76. The predicted octanol–water partition coefficient (Wildman–Crippen LogP) is 3.89. The van der Waals surface area contributed by atoms with Crippen LogP contribution in [0.1, 0.15) is 15.9 Å². The first-order chi connectivity index (χ1) is 14.1. The van der Waals surface area contributed by atoms with Gasteiger partial charge in [-0.1, -0.05) is 23.7 Å². The van der Waals surface area contributed by atoms with E-state index >= 15 is 0 Å². The van der Waals surface area contributed by atoms with Gasteiger partial charge in [-0.25, -0.2) is 4.39 Å². The van der Waals surface area contributed by atoms with E-state index in [1.165, 1.54) is 35.2 Å². The molecule has 1 fully saturated rings. The maximum atomic E-state index is 13.9. The number of rotatable bonds is 4. The molecule has 0 radical (unpaired) electrons. The van der Waals surface area contributed by atoms with Gasteiger partial charge in [0, 0.05) is 31.2 Å². The maximum Gasteiger partial charge on any atom is 0.418 e. The average Bonchev–Trinajstić information content (AvgIpc) is 2.69. The Balaban J connectivity index is 1.56. The third-order valence-corrected chi connectivity index (χ3v) is 4.93. The molecule has 1 aliphatic rings. The molecule has 0 spiro atoms. The Morgan fingerprint density at radius 3 is 2.37 bits per heavy atom. The molecular formula is C20H18ClF4N3O2. The van der Waals surface area contributed by atoms with E-state index < -0.39 is 29.4 Å². The molecule has 0 saturated carbocycles. The van der Waals surface area contributed by atoms with Crippen molar-refractivity contribution in [1.29, 1.82) is 0 Å². The molecule has 1 N–H and O–H groups in total. The van der Waals surface area contributed by atoms with Gasteiger partial charge in [-0.15, -0.1) is 0 Å². The third-order valence-electron chi connectivity index (χ3n) is 4.69. The van der Waals surface area contributed by atoms with Crippen LogP contribution in [0.3, 0.4) is 0 Å². The number of nitrogens with one attached hydrogen (secondary N) is 1. The lowest BCUT2D eigenvalue weighted by Gasteiger charge is -2.34. The highest BCUT2D eigenvalue weighted by atomic mass is 35.5. The van der Waals surface area contributed by atoms with Crippen molar-refractivity contribution >= 4 is 29.1 Å². The zero-order valence-electron chi connectivity index (χ0n) is 15.7. The normalized spacial score (nSPS) is 15.2. The summed E-state index contributed by atoms with van der Waals surface area (Å²) in [6, 6.07) is 8.47. The van der Waals surface area contributed by atoms with Gasteiger partial charge in [-0.2, -0.15) is 13.2 Å². The van der Waals surface area contributed by atoms with Crippen LogP contribution < -0.4 is 5.32 Å². The number of hydrogen-bond donors (Lipinski definition) is 1. The van der Waals surface area contributed by atoms with Gasteiger partial charge in [0.2, 0.25) is 5.91 Å². The van der Waals surface area contributed by atoms with Crippen LogP contribution in [0.5, 0.6) is 0 Å². The van der Waals surface area contributed by atoms with Crippen molar-refractivity contribution in [3.63, 3.8) is 0 Å². The first kappa shape index (κ1) is 22.0. The zero-order chi connectivity index (χ0) is 21.9. The van der Waals surface area contributed by atoms with Gasteiger partial charge >= 0.3 is 6.18 Å². The highest BCUT2D eigenvalue weighted by molar-refractivity contribution is 6.31. The fourth-order valence-corrected chi connectivity index (χ4v) is 3.35. The first-order valence-electron chi connectivity index (χ1n) is 9.08. The van der Waals surface area contributed by atoms with Crippen LogP contribution in [0.15, 0.2) is 42.5 Å². The number of halogens is 5. The van der Waals surface area contributed by atoms with Crippen molar-refractivity contribution in [1.82, 2.24) is 9.80 Å². The van der Waals surface area contributed by atoms with E-state index in [0.29, 0.717) is 13.1 Å². The number of para-hydroxylation sites is 1. The minimum absolute atomic E-state index is 0.125. The van der Waals surface area contributed by atoms with E-state index in [4.69, 9.17) is 11.6 Å². The molecule has 160 valence electrons. The number of hydrogen-bond acceptors (Lipinski definition) is 3. The number of alkyl halides is 3. The molecule has 0 aromatic heterocycles. The van der Waals surface area contributed by atoms with E-state index in [-0.39, 0.29) is 35.9 Å². The molecule has 2 aromatic carbocycles. The molecule has 0 aliphatic carbocycles. The quantitative estimate of drug-likeness (QED) is 0.729. The number of anilines is 1. The Hall–Kier alpha value is -2.65. The van der Waals surface area contributed by atoms with Gasteiger partial charge in [-0.05, 0) is 30.3 Å². The topological polar surface area (TPSA) is 52.7 Å². The summed E-state index contributed by atoms with van der Waals surface area (Å²) in [6.45, 7) is 1.01. The molecule has 30 heavy (non-hydrogen) atoms. The summed E-state index contributed by atoms with van der Waals surface area (Å²) in [4.78, 5) is 27.9. The summed E-state index contributed by atoms with van der Waals surface area (Å²) in [5, 5.41) is 2.54. The zero-order valence-corrected chi connectivity index (χ0v) is 16.4. The van der Waals surface area contributed by atoms with E-state index in [9.17, 15) is 27.2 Å². The molecule has 2 aromatic rings. The lowest BCUT2D eigenvalue weighted by Crippen LogP contribution is -2.50. The van der Waals surface area contributed by atoms with E-state index in [0.717, 1.165) is 12.1 Å². The minimum atomic E-state index is -4.58. The fraction of sp³-hybridized carbons (Fsp3) is 0.300. The van der Waals surface area contributed by atoms with Crippen molar-refractivity contribution < 1.29 is 27.2 Å². The van der Waals surface area contributed by atoms with Crippen molar-refractivity contribution in [3.05, 3.63) is 64.4 Å². The van der Waals surface area contributed by atoms with Crippen LogP contribution in [0.25, 0.3) is 0 Å². The third kappa shape index (κ3) is 5.28. The average molecular weight is 444 g/mol. The van der Waals surface area contributed by atoms with Gasteiger partial charge in [0.05, 0.1) is 23.4 Å². The molecule has 0 bridgehead atoms. The van der Waals surface area contributed by atoms with E-state index in [2.05, 4.69) is 5.32 Å². The smallest absolute Gasteiger partial charge is 0.336 e. The van der Waals surface area contributed by atoms with Gasteiger partial charge in [0.15, 0.2) is 0 Å². The number of nitrogens with zero attached hydrogens (tertiary/aromatic N) is 2. The Kier molecular flexibility index (Phi) is 6.62. The van der Waals surface area contributed by atoms with Crippen LogP contribution in [0.4, 0.5) is 23.2 Å². The van der Waals surface area contributed by atoms with Crippen molar-refractivity contribution in [2.45, 2.75) is 6.18 Å². The summed E-state index contributed by atoms with van der Waals surface area (Å²) < 4.78 is 53.0.